The van der Waals surface area contributed by atoms with Crippen LogP contribution in [0.15, 0.2) is 54.6 Å². The second-order valence-electron chi connectivity index (χ2n) is 5.44. The second-order valence-corrected chi connectivity index (χ2v) is 5.44. The molecule has 2 aromatic carbocycles. The molecule has 1 amide bonds. The van der Waals surface area contributed by atoms with Crippen molar-refractivity contribution >= 4 is 17.3 Å². The summed E-state index contributed by atoms with van der Waals surface area (Å²) in [5.41, 5.74) is 3.35. The van der Waals surface area contributed by atoms with Gasteiger partial charge in [0.2, 0.25) is 5.91 Å². The van der Waals surface area contributed by atoms with Gasteiger partial charge in [-0.2, -0.15) is 0 Å². The first-order valence-corrected chi connectivity index (χ1v) is 7.85. The van der Waals surface area contributed by atoms with Crippen LogP contribution in [0.2, 0.25) is 0 Å². The number of para-hydroxylation sites is 1. The van der Waals surface area contributed by atoms with Crippen LogP contribution in [0.1, 0.15) is 25.3 Å². The van der Waals surface area contributed by atoms with E-state index < -0.39 is 0 Å². The van der Waals surface area contributed by atoms with E-state index in [1.54, 1.807) is 0 Å². The van der Waals surface area contributed by atoms with Crippen LogP contribution in [0, 0.1) is 6.92 Å². The van der Waals surface area contributed by atoms with E-state index in [1.807, 2.05) is 30.3 Å². The maximum Gasteiger partial charge on any atom is 0.224 e. The molecule has 0 unspecified atom stereocenters. The third kappa shape index (κ3) is 4.92. The van der Waals surface area contributed by atoms with Gasteiger partial charge < -0.3 is 10.2 Å². The summed E-state index contributed by atoms with van der Waals surface area (Å²) in [6.07, 6.45) is 1.39. The van der Waals surface area contributed by atoms with Gasteiger partial charge in [-0.1, -0.05) is 30.3 Å². The summed E-state index contributed by atoms with van der Waals surface area (Å²) in [4.78, 5) is 14.3. The van der Waals surface area contributed by atoms with Crippen molar-refractivity contribution in [1.29, 1.82) is 0 Å². The van der Waals surface area contributed by atoms with E-state index in [1.165, 1.54) is 11.3 Å². The maximum absolute atomic E-state index is 11.9. The van der Waals surface area contributed by atoms with Crippen molar-refractivity contribution in [2.45, 2.75) is 26.7 Å². The Hall–Kier alpha value is -2.29. The number of hydrogen-bond donors (Lipinski definition) is 1. The first-order valence-electron chi connectivity index (χ1n) is 7.85. The Morgan fingerprint density at radius 1 is 1.09 bits per heavy atom. The number of anilines is 2. The highest BCUT2D eigenvalue weighted by molar-refractivity contribution is 5.90. The van der Waals surface area contributed by atoms with Crippen molar-refractivity contribution in [3.8, 4) is 0 Å². The van der Waals surface area contributed by atoms with Crippen LogP contribution in [-0.4, -0.2) is 19.0 Å². The molecule has 0 bridgehead atoms. The number of nitrogens with zero attached hydrogens (tertiary/aromatic N) is 1. The molecule has 0 aromatic heterocycles. The Morgan fingerprint density at radius 3 is 2.55 bits per heavy atom. The fourth-order valence-corrected chi connectivity index (χ4v) is 2.47. The van der Waals surface area contributed by atoms with Gasteiger partial charge in [-0.05, 0) is 50.1 Å². The van der Waals surface area contributed by atoms with Crippen LogP contribution in [0.25, 0.3) is 0 Å². The van der Waals surface area contributed by atoms with Crippen LogP contribution in [0.5, 0.6) is 0 Å². The van der Waals surface area contributed by atoms with Crippen LogP contribution in [0.3, 0.4) is 0 Å². The molecule has 0 aliphatic carbocycles. The van der Waals surface area contributed by atoms with Crippen molar-refractivity contribution in [2.75, 3.05) is 23.3 Å². The number of hydrogen-bond acceptors (Lipinski definition) is 2. The summed E-state index contributed by atoms with van der Waals surface area (Å²) in [7, 11) is 0. The number of carbonyl (C=O) groups excluding carboxylic acids is 1. The molecular weight excluding hydrogens is 272 g/mol. The van der Waals surface area contributed by atoms with Gasteiger partial charge in [0, 0.05) is 30.9 Å². The monoisotopic (exact) mass is 296 g/mol. The molecule has 2 rings (SSSR count). The van der Waals surface area contributed by atoms with Crippen molar-refractivity contribution in [2.24, 2.45) is 0 Å². The number of benzene rings is 2. The summed E-state index contributed by atoms with van der Waals surface area (Å²) in [5.74, 6) is 0.0755. The van der Waals surface area contributed by atoms with Gasteiger partial charge in [0.15, 0.2) is 0 Å². The van der Waals surface area contributed by atoms with Gasteiger partial charge in [-0.25, -0.2) is 0 Å². The summed E-state index contributed by atoms with van der Waals surface area (Å²) < 4.78 is 0. The SMILES string of the molecule is CCN(CCCC(=O)Nc1ccccc1)c1cccc(C)c1. The molecule has 0 spiro atoms. The Labute approximate surface area is 133 Å². The lowest BCUT2D eigenvalue weighted by atomic mass is 10.2. The van der Waals surface area contributed by atoms with E-state index in [-0.39, 0.29) is 5.91 Å². The molecule has 0 aliphatic heterocycles. The fourth-order valence-electron chi connectivity index (χ4n) is 2.47. The number of nitrogens with one attached hydrogen (secondary N) is 1. The molecular formula is C19H24N2O. The number of aryl methyl sites for hydroxylation is 1. The molecule has 0 saturated carbocycles. The van der Waals surface area contributed by atoms with Crippen LogP contribution >= 0.6 is 0 Å². The summed E-state index contributed by atoms with van der Waals surface area (Å²) >= 11 is 0. The predicted octanol–water partition coefficient (Wildman–Crippen LogP) is 4.24. The lowest BCUT2D eigenvalue weighted by molar-refractivity contribution is -0.116. The van der Waals surface area contributed by atoms with Gasteiger partial charge in [0.25, 0.3) is 0 Å². The van der Waals surface area contributed by atoms with Gasteiger partial charge in [0.05, 0.1) is 0 Å². The first-order chi connectivity index (χ1) is 10.7. The largest absolute Gasteiger partial charge is 0.372 e. The number of amides is 1. The molecule has 0 saturated heterocycles. The predicted molar refractivity (Wildman–Crippen MR) is 93.4 cm³/mol. The minimum Gasteiger partial charge on any atom is -0.372 e. The smallest absolute Gasteiger partial charge is 0.224 e. The number of carbonyl (C=O) groups is 1. The summed E-state index contributed by atoms with van der Waals surface area (Å²) in [6, 6.07) is 18.1. The van der Waals surface area contributed by atoms with Crippen molar-refractivity contribution < 1.29 is 4.79 Å². The Balaban J connectivity index is 1.80. The third-order valence-electron chi connectivity index (χ3n) is 3.64. The highest BCUT2D eigenvalue weighted by Gasteiger charge is 2.07. The highest BCUT2D eigenvalue weighted by atomic mass is 16.1. The lowest BCUT2D eigenvalue weighted by Crippen LogP contribution is -2.25. The molecule has 0 radical (unpaired) electrons. The van der Waals surface area contributed by atoms with Gasteiger partial charge >= 0.3 is 0 Å². The first kappa shape index (κ1) is 16.1. The molecule has 22 heavy (non-hydrogen) atoms. The summed E-state index contributed by atoms with van der Waals surface area (Å²) in [5, 5.41) is 2.93. The lowest BCUT2D eigenvalue weighted by Gasteiger charge is -2.23. The zero-order valence-electron chi connectivity index (χ0n) is 13.4. The average molecular weight is 296 g/mol. The van der Waals surface area contributed by atoms with Gasteiger partial charge in [-0.3, -0.25) is 4.79 Å². The van der Waals surface area contributed by atoms with Crippen molar-refractivity contribution in [1.82, 2.24) is 0 Å². The fraction of sp³-hybridized carbons (Fsp3) is 0.316. The minimum absolute atomic E-state index is 0.0755. The zero-order valence-corrected chi connectivity index (χ0v) is 13.4. The molecule has 3 nitrogen and oxygen atoms in total. The number of rotatable bonds is 7. The Bertz CT molecular complexity index is 595. The van der Waals surface area contributed by atoms with E-state index in [2.05, 4.69) is 48.3 Å². The van der Waals surface area contributed by atoms with E-state index in [9.17, 15) is 4.79 Å². The van der Waals surface area contributed by atoms with Crippen LogP contribution in [-0.2, 0) is 4.79 Å². The van der Waals surface area contributed by atoms with Crippen molar-refractivity contribution in [3.05, 3.63) is 60.2 Å². The maximum atomic E-state index is 11.9. The normalized spacial score (nSPS) is 10.3. The Morgan fingerprint density at radius 2 is 1.86 bits per heavy atom. The van der Waals surface area contributed by atoms with E-state index in [0.29, 0.717) is 6.42 Å². The van der Waals surface area contributed by atoms with Gasteiger partial charge in [0.1, 0.15) is 0 Å². The molecule has 0 heterocycles. The molecule has 0 atom stereocenters. The minimum atomic E-state index is 0.0755. The molecule has 0 fully saturated rings. The van der Waals surface area contributed by atoms with E-state index in [0.717, 1.165) is 25.2 Å². The topological polar surface area (TPSA) is 32.3 Å². The third-order valence-corrected chi connectivity index (χ3v) is 3.64. The van der Waals surface area contributed by atoms with E-state index >= 15 is 0 Å². The molecule has 0 aliphatic rings. The average Bonchev–Trinajstić information content (AvgIpc) is 2.52. The standard InChI is InChI=1S/C19H24N2O/c1-3-21(18-12-7-9-16(2)15-18)14-8-13-19(22)20-17-10-5-4-6-11-17/h4-7,9-12,15H,3,8,13-14H2,1-2H3,(H,20,22). The molecule has 2 aromatic rings. The Kier molecular flexibility index (Phi) is 6.01. The van der Waals surface area contributed by atoms with Gasteiger partial charge in [-0.15, -0.1) is 0 Å². The van der Waals surface area contributed by atoms with E-state index in [4.69, 9.17) is 0 Å². The summed E-state index contributed by atoms with van der Waals surface area (Å²) in [6.45, 7) is 6.09. The highest BCUT2D eigenvalue weighted by Crippen LogP contribution is 2.16. The van der Waals surface area contributed by atoms with Crippen LogP contribution in [0.4, 0.5) is 11.4 Å². The molecule has 1 N–H and O–H groups in total. The molecule has 3 heteroatoms. The molecule has 116 valence electrons. The quantitative estimate of drug-likeness (QED) is 0.829. The van der Waals surface area contributed by atoms with Crippen LogP contribution < -0.4 is 10.2 Å². The second kappa shape index (κ2) is 8.23. The zero-order chi connectivity index (χ0) is 15.8. The van der Waals surface area contributed by atoms with Crippen molar-refractivity contribution in [3.63, 3.8) is 0 Å².